The van der Waals surface area contributed by atoms with E-state index in [1.165, 1.54) is 12.8 Å². The van der Waals surface area contributed by atoms with E-state index in [9.17, 15) is 0 Å². The molecule has 0 fully saturated rings. The molecule has 0 aliphatic carbocycles. The van der Waals surface area contributed by atoms with Gasteiger partial charge in [0.1, 0.15) is 0 Å². The Balaban J connectivity index is -0.000000109. The quantitative estimate of drug-likeness (QED) is 0.556. The van der Waals surface area contributed by atoms with Crippen LogP contribution in [0.3, 0.4) is 0 Å². The van der Waals surface area contributed by atoms with Gasteiger partial charge in [-0.1, -0.05) is 47.5 Å². The summed E-state index contributed by atoms with van der Waals surface area (Å²) in [6, 6.07) is 0. The van der Waals surface area contributed by atoms with Crippen LogP contribution >= 0.6 is 0 Å². The zero-order valence-electron chi connectivity index (χ0n) is 7.49. The molecule has 1 heteroatoms. The maximum Gasteiger partial charge on any atom is -0.0471 e. The van der Waals surface area contributed by atoms with Crippen molar-refractivity contribution >= 4 is 0 Å². The minimum Gasteiger partial charge on any atom is -0.412 e. The van der Waals surface area contributed by atoms with Crippen molar-refractivity contribution < 1.29 is 5.48 Å². The van der Waals surface area contributed by atoms with Gasteiger partial charge in [0, 0.05) is 0 Å². The zero-order chi connectivity index (χ0) is 6.99. The van der Waals surface area contributed by atoms with Crippen molar-refractivity contribution in [1.82, 2.24) is 0 Å². The van der Waals surface area contributed by atoms with Crippen molar-refractivity contribution in [1.29, 1.82) is 0 Å². The summed E-state index contributed by atoms with van der Waals surface area (Å²) in [4.78, 5) is 0. The fourth-order valence-electron chi connectivity index (χ4n) is 0.577. The van der Waals surface area contributed by atoms with Crippen LogP contribution in [-0.4, -0.2) is 5.48 Å². The first-order valence-electron chi connectivity index (χ1n) is 3.77. The summed E-state index contributed by atoms with van der Waals surface area (Å²) < 4.78 is 0. The molecule has 0 saturated heterocycles. The fraction of sp³-hybridized carbons (Fsp3) is 1.00. The minimum absolute atomic E-state index is 0. The summed E-state index contributed by atoms with van der Waals surface area (Å²) in [6.07, 6.45) is 2.71. The number of hydrogen-bond donors (Lipinski definition) is 0. The molecule has 0 aliphatic rings. The van der Waals surface area contributed by atoms with E-state index in [-0.39, 0.29) is 5.48 Å². The van der Waals surface area contributed by atoms with Gasteiger partial charge in [0.25, 0.3) is 0 Å². The van der Waals surface area contributed by atoms with Gasteiger partial charge >= 0.3 is 0 Å². The smallest absolute Gasteiger partial charge is 0.0471 e. The molecule has 0 radical (unpaired) electrons. The second-order valence-corrected chi connectivity index (χ2v) is 2.18. The van der Waals surface area contributed by atoms with Crippen LogP contribution < -0.4 is 0 Å². The van der Waals surface area contributed by atoms with E-state index in [0.29, 0.717) is 0 Å². The predicted octanol–water partition coefficient (Wildman–Crippen LogP) is 2.64. The van der Waals surface area contributed by atoms with Gasteiger partial charge in [-0.25, -0.2) is 0 Å². The standard InChI is InChI=1S/C6H14.C2H6.H2O/c1-4-5-6(2)3;1-2;/h6H,4-5H2,1-3H3;1-2H3;1H2. The second kappa shape index (κ2) is 15.7. The molecule has 0 atom stereocenters. The van der Waals surface area contributed by atoms with Crippen LogP contribution in [0.4, 0.5) is 0 Å². The molecule has 0 aliphatic heterocycles. The van der Waals surface area contributed by atoms with Crippen molar-refractivity contribution in [2.75, 3.05) is 0 Å². The summed E-state index contributed by atoms with van der Waals surface area (Å²) in [5, 5.41) is 0. The lowest BCUT2D eigenvalue weighted by molar-refractivity contribution is 0.576. The van der Waals surface area contributed by atoms with Crippen LogP contribution in [0.15, 0.2) is 0 Å². The first-order chi connectivity index (χ1) is 3.77. The normalized spacial score (nSPS) is 7.33. The van der Waals surface area contributed by atoms with Crippen LogP contribution in [0.5, 0.6) is 0 Å². The summed E-state index contributed by atoms with van der Waals surface area (Å²) in [7, 11) is 0. The topological polar surface area (TPSA) is 31.5 Å². The molecule has 1 nitrogen and oxygen atoms in total. The van der Waals surface area contributed by atoms with Crippen LogP contribution in [0.1, 0.15) is 47.5 Å². The molecular formula is C8H22O. The fourth-order valence-corrected chi connectivity index (χ4v) is 0.577. The summed E-state index contributed by atoms with van der Waals surface area (Å²) in [5.74, 6) is 0.898. The lowest BCUT2D eigenvalue weighted by Crippen LogP contribution is -1.81. The molecule has 2 N–H and O–H groups in total. The molecule has 0 aromatic heterocycles. The average Bonchev–Trinajstić information content (AvgIpc) is 1.72. The highest BCUT2D eigenvalue weighted by molar-refractivity contribution is 4.38. The molecule has 0 bridgehead atoms. The Bertz CT molecular complexity index is 25.7. The second-order valence-electron chi connectivity index (χ2n) is 2.18. The first kappa shape index (κ1) is 16.0. The van der Waals surface area contributed by atoms with Gasteiger partial charge in [-0.15, -0.1) is 0 Å². The molecule has 0 heterocycles. The van der Waals surface area contributed by atoms with E-state index >= 15 is 0 Å². The Kier molecular flexibility index (Phi) is 27.8. The van der Waals surface area contributed by atoms with E-state index < -0.39 is 0 Å². The predicted molar refractivity (Wildman–Crippen MR) is 44.7 cm³/mol. The van der Waals surface area contributed by atoms with E-state index in [0.717, 1.165) is 5.92 Å². The molecule has 0 unspecified atom stereocenters. The Labute approximate surface area is 59.8 Å². The van der Waals surface area contributed by atoms with Crippen LogP contribution in [0.25, 0.3) is 0 Å². The summed E-state index contributed by atoms with van der Waals surface area (Å²) in [6.45, 7) is 10.7. The third-order valence-corrected chi connectivity index (χ3v) is 0.866. The molecule has 0 aromatic rings. The molecule has 0 saturated carbocycles. The van der Waals surface area contributed by atoms with E-state index in [4.69, 9.17) is 0 Å². The highest BCUT2D eigenvalue weighted by Gasteiger charge is 1.85. The van der Waals surface area contributed by atoms with Gasteiger partial charge in [-0.3, -0.25) is 0 Å². The van der Waals surface area contributed by atoms with Crippen molar-refractivity contribution in [3.8, 4) is 0 Å². The molecule has 0 aromatic carbocycles. The van der Waals surface area contributed by atoms with Gasteiger partial charge in [0.15, 0.2) is 0 Å². The third kappa shape index (κ3) is 32.3. The Morgan fingerprint density at radius 2 is 1.44 bits per heavy atom. The SMILES string of the molecule is CC.CCCC(C)C.O. The van der Waals surface area contributed by atoms with Crippen molar-refractivity contribution in [2.45, 2.75) is 47.5 Å². The lowest BCUT2D eigenvalue weighted by atomic mass is 10.1. The van der Waals surface area contributed by atoms with Gasteiger partial charge < -0.3 is 5.48 Å². The average molecular weight is 134 g/mol. The van der Waals surface area contributed by atoms with Gasteiger partial charge in [0.05, 0.1) is 0 Å². The highest BCUT2D eigenvalue weighted by atomic mass is 16.0. The largest absolute Gasteiger partial charge is 0.412 e. The van der Waals surface area contributed by atoms with Crippen molar-refractivity contribution in [3.63, 3.8) is 0 Å². The first-order valence-corrected chi connectivity index (χ1v) is 3.77. The van der Waals surface area contributed by atoms with Gasteiger partial charge in [-0.2, -0.15) is 0 Å². The van der Waals surface area contributed by atoms with Crippen LogP contribution in [0, 0.1) is 5.92 Å². The monoisotopic (exact) mass is 134 g/mol. The van der Waals surface area contributed by atoms with Gasteiger partial charge in [0.2, 0.25) is 0 Å². The Morgan fingerprint density at radius 3 is 1.44 bits per heavy atom. The lowest BCUT2D eigenvalue weighted by Gasteiger charge is -1.95. The summed E-state index contributed by atoms with van der Waals surface area (Å²) in [5.41, 5.74) is 0. The Hall–Kier alpha value is -0.0400. The summed E-state index contributed by atoms with van der Waals surface area (Å²) >= 11 is 0. The maximum atomic E-state index is 2.25. The molecule has 0 spiro atoms. The molecule has 9 heavy (non-hydrogen) atoms. The van der Waals surface area contributed by atoms with Crippen molar-refractivity contribution in [3.05, 3.63) is 0 Å². The van der Waals surface area contributed by atoms with Crippen LogP contribution in [0.2, 0.25) is 0 Å². The Morgan fingerprint density at radius 1 is 1.11 bits per heavy atom. The van der Waals surface area contributed by atoms with E-state index in [1.807, 2.05) is 13.8 Å². The van der Waals surface area contributed by atoms with Gasteiger partial charge in [-0.05, 0) is 5.92 Å². The molecule has 0 rings (SSSR count). The highest BCUT2D eigenvalue weighted by Crippen LogP contribution is 2.00. The minimum atomic E-state index is 0. The third-order valence-electron chi connectivity index (χ3n) is 0.866. The molecular weight excluding hydrogens is 112 g/mol. The molecule has 0 amide bonds. The number of rotatable bonds is 2. The van der Waals surface area contributed by atoms with Crippen molar-refractivity contribution in [2.24, 2.45) is 5.92 Å². The van der Waals surface area contributed by atoms with E-state index in [1.54, 1.807) is 0 Å². The van der Waals surface area contributed by atoms with E-state index in [2.05, 4.69) is 20.8 Å². The zero-order valence-corrected chi connectivity index (χ0v) is 7.49. The maximum absolute atomic E-state index is 2.25. The number of hydrogen-bond acceptors (Lipinski definition) is 0. The van der Waals surface area contributed by atoms with Crippen LogP contribution in [-0.2, 0) is 0 Å². The molecule has 60 valence electrons.